The Labute approximate surface area is 299 Å². The molecular weight excluding hydrogens is 626 g/mol. The Bertz CT molecular complexity index is 1540. The molecule has 1 aliphatic carbocycles. The van der Waals surface area contributed by atoms with Crippen molar-refractivity contribution in [3.63, 3.8) is 0 Å². The van der Waals surface area contributed by atoms with Crippen LogP contribution in [0.4, 0.5) is 0 Å². The summed E-state index contributed by atoms with van der Waals surface area (Å²) in [5.74, 6) is 2.20. The molecule has 0 saturated heterocycles. The summed E-state index contributed by atoms with van der Waals surface area (Å²) in [5, 5.41) is 6.84. The van der Waals surface area contributed by atoms with Gasteiger partial charge in [0.1, 0.15) is 17.1 Å². The summed E-state index contributed by atoms with van der Waals surface area (Å²) in [4.78, 5) is 35.4. The highest BCUT2D eigenvalue weighted by atomic mass is 16.5. The third kappa shape index (κ3) is 9.24. The Balaban J connectivity index is 1.46. The Hall–Kier alpha value is -3.92. The molecule has 1 fully saturated rings. The maximum absolute atomic E-state index is 14.9. The second kappa shape index (κ2) is 15.5. The highest BCUT2D eigenvalue weighted by Crippen LogP contribution is 2.50. The van der Waals surface area contributed by atoms with Crippen molar-refractivity contribution < 1.29 is 14.3 Å². The van der Waals surface area contributed by atoms with E-state index in [1.54, 1.807) is 0 Å². The van der Waals surface area contributed by atoms with Crippen LogP contribution in [0.25, 0.3) is 5.43 Å². The lowest BCUT2D eigenvalue weighted by atomic mass is 9.69. The number of hydrazone groups is 1. The van der Waals surface area contributed by atoms with E-state index >= 15 is 0 Å². The molecule has 1 spiro atoms. The first kappa shape index (κ1) is 37.3. The Morgan fingerprint density at radius 2 is 1.78 bits per heavy atom. The molecule has 3 N–H and O–H groups in total. The van der Waals surface area contributed by atoms with Crippen LogP contribution in [-0.4, -0.2) is 47.1 Å². The zero-order valence-electron chi connectivity index (χ0n) is 31.4. The van der Waals surface area contributed by atoms with Gasteiger partial charge in [0.15, 0.2) is 0 Å². The highest BCUT2D eigenvalue weighted by Gasteiger charge is 2.52. The molecule has 1 unspecified atom stereocenters. The van der Waals surface area contributed by atoms with Crippen molar-refractivity contribution in [2.75, 3.05) is 13.2 Å². The third-order valence-electron chi connectivity index (χ3n) is 10.4. The SMILES string of the molecule is CC(C)CCCOc1cccc(C2=NC3(CCC(C(C)(C)C)CC3)N(C(CCC(C)(C)C)c3ccc(C(=O)NCC4=NNN[N-]4)cc3)C2=O)c1. The van der Waals surface area contributed by atoms with Crippen LogP contribution in [0.5, 0.6) is 5.75 Å². The summed E-state index contributed by atoms with van der Waals surface area (Å²) in [6.45, 7) is 19.0. The number of aliphatic imine (C=N–C) groups is 1. The van der Waals surface area contributed by atoms with E-state index in [4.69, 9.17) is 9.73 Å². The van der Waals surface area contributed by atoms with Crippen LogP contribution in [0.2, 0.25) is 0 Å². The predicted molar refractivity (Wildman–Crippen MR) is 201 cm³/mol. The molecule has 0 radical (unpaired) electrons. The summed E-state index contributed by atoms with van der Waals surface area (Å²) < 4.78 is 6.15. The van der Waals surface area contributed by atoms with Crippen LogP contribution in [0.15, 0.2) is 58.6 Å². The lowest BCUT2D eigenvalue weighted by Crippen LogP contribution is -2.51. The number of nitrogens with zero attached hydrogens (tertiary/aromatic N) is 4. The van der Waals surface area contributed by atoms with Gasteiger partial charge in [-0.15, -0.1) is 0 Å². The molecule has 1 atom stereocenters. The molecule has 1 saturated carbocycles. The van der Waals surface area contributed by atoms with Crippen molar-refractivity contribution in [2.24, 2.45) is 32.8 Å². The lowest BCUT2D eigenvalue weighted by molar-refractivity contribution is -0.134. The Kier molecular flexibility index (Phi) is 11.6. The van der Waals surface area contributed by atoms with Gasteiger partial charge in [0.25, 0.3) is 11.8 Å². The first-order valence-corrected chi connectivity index (χ1v) is 18.5. The van der Waals surface area contributed by atoms with E-state index in [-0.39, 0.29) is 35.2 Å². The van der Waals surface area contributed by atoms with Gasteiger partial charge in [-0.3, -0.25) is 14.6 Å². The van der Waals surface area contributed by atoms with Crippen LogP contribution >= 0.6 is 0 Å². The van der Waals surface area contributed by atoms with Crippen LogP contribution < -0.4 is 21.1 Å². The van der Waals surface area contributed by atoms with Gasteiger partial charge >= 0.3 is 0 Å². The van der Waals surface area contributed by atoms with Crippen LogP contribution in [0, 0.1) is 22.7 Å². The quantitative estimate of drug-likeness (QED) is 0.184. The molecule has 10 nitrogen and oxygen atoms in total. The number of carbonyl (C=O) groups is 2. The van der Waals surface area contributed by atoms with E-state index in [0.29, 0.717) is 35.6 Å². The van der Waals surface area contributed by atoms with Gasteiger partial charge in [0.05, 0.1) is 12.6 Å². The van der Waals surface area contributed by atoms with Crippen molar-refractivity contribution in [2.45, 2.75) is 118 Å². The zero-order valence-corrected chi connectivity index (χ0v) is 31.4. The first-order chi connectivity index (χ1) is 23.6. The van der Waals surface area contributed by atoms with Crippen LogP contribution in [0.1, 0.15) is 134 Å². The average molecular weight is 685 g/mol. The fourth-order valence-electron chi connectivity index (χ4n) is 7.36. The number of hydrazine groups is 1. The van der Waals surface area contributed by atoms with E-state index in [1.807, 2.05) is 48.5 Å². The van der Waals surface area contributed by atoms with Crippen molar-refractivity contribution in [3.05, 3.63) is 70.6 Å². The number of amidine groups is 1. The average Bonchev–Trinajstić information content (AvgIpc) is 3.68. The highest BCUT2D eigenvalue weighted by molar-refractivity contribution is 6.46. The minimum Gasteiger partial charge on any atom is -0.494 e. The monoisotopic (exact) mass is 684 g/mol. The smallest absolute Gasteiger partial charge is 0.275 e. The molecular formula is C40H58N7O3-. The molecule has 10 heteroatoms. The number of amides is 2. The van der Waals surface area contributed by atoms with E-state index in [2.05, 4.69) is 87.2 Å². The zero-order chi connectivity index (χ0) is 36.1. The fourth-order valence-corrected chi connectivity index (χ4v) is 7.36. The van der Waals surface area contributed by atoms with Gasteiger partial charge < -0.3 is 31.0 Å². The van der Waals surface area contributed by atoms with E-state index in [9.17, 15) is 9.59 Å². The Morgan fingerprint density at radius 1 is 1.06 bits per heavy atom. The molecule has 3 aliphatic rings. The number of nitrogens with one attached hydrogen (secondary N) is 3. The maximum atomic E-state index is 14.9. The summed E-state index contributed by atoms with van der Waals surface area (Å²) in [6, 6.07) is 15.4. The van der Waals surface area contributed by atoms with Gasteiger partial charge in [-0.2, -0.15) is 0 Å². The van der Waals surface area contributed by atoms with Crippen molar-refractivity contribution in [1.82, 2.24) is 21.3 Å². The summed E-state index contributed by atoms with van der Waals surface area (Å²) >= 11 is 0. The molecule has 2 aliphatic heterocycles. The van der Waals surface area contributed by atoms with E-state index in [0.717, 1.165) is 68.2 Å². The van der Waals surface area contributed by atoms with Crippen LogP contribution in [0.3, 0.4) is 0 Å². The molecule has 2 heterocycles. The van der Waals surface area contributed by atoms with Gasteiger partial charge in [-0.25, -0.2) is 5.53 Å². The molecule has 2 aromatic rings. The molecule has 0 bridgehead atoms. The largest absolute Gasteiger partial charge is 0.494 e. The minimum absolute atomic E-state index is 0.0276. The predicted octanol–water partition coefficient (Wildman–Crippen LogP) is 8.07. The fraction of sp³-hybridized carbons (Fsp3) is 0.600. The number of hydrogen-bond acceptors (Lipinski definition) is 7. The second-order valence-electron chi connectivity index (χ2n) is 17.0. The number of ether oxygens (including phenoxy) is 1. The van der Waals surface area contributed by atoms with Crippen molar-refractivity contribution in [1.29, 1.82) is 0 Å². The van der Waals surface area contributed by atoms with Gasteiger partial charge in [0.2, 0.25) is 0 Å². The van der Waals surface area contributed by atoms with E-state index in [1.165, 1.54) is 0 Å². The number of hydrogen-bond donors (Lipinski definition) is 3. The topological polar surface area (TPSA) is 122 Å². The van der Waals surface area contributed by atoms with Gasteiger partial charge in [-0.05, 0) is 110 Å². The lowest BCUT2D eigenvalue weighted by Gasteiger charge is -2.47. The standard InChI is InChI=1S/C40H59N7O3/c1-27(2)11-10-24-50-32-13-9-12-30(25-32)35-37(49)47(40(42-35)22-18-31(19-23-40)39(6,7)8)33(20-21-38(3,4)5)28-14-16-29(17-15-28)36(48)41-26-34-43-45-46-44-34/h9,12-17,25,27,31,33H,10-11,18-24,26H2,1-8H3,(H4,41,42,43,44,45,46,48,49)/p-1. The normalized spacial score (nSPS) is 21.5. The van der Waals surface area contributed by atoms with Crippen molar-refractivity contribution >= 4 is 23.4 Å². The number of carbonyl (C=O) groups excluding carboxylic acids is 2. The molecule has 2 amide bonds. The first-order valence-electron chi connectivity index (χ1n) is 18.5. The van der Waals surface area contributed by atoms with Gasteiger partial charge in [-0.1, -0.05) is 79.7 Å². The van der Waals surface area contributed by atoms with Crippen LogP contribution in [-0.2, 0) is 4.79 Å². The Morgan fingerprint density at radius 3 is 2.40 bits per heavy atom. The summed E-state index contributed by atoms with van der Waals surface area (Å²) in [7, 11) is 0. The summed E-state index contributed by atoms with van der Waals surface area (Å²) in [5.41, 5.74) is 11.6. The molecule has 50 heavy (non-hydrogen) atoms. The number of benzene rings is 2. The molecule has 5 rings (SSSR count). The third-order valence-corrected chi connectivity index (χ3v) is 10.4. The molecule has 272 valence electrons. The van der Waals surface area contributed by atoms with Gasteiger partial charge in [0, 0.05) is 17.7 Å². The van der Waals surface area contributed by atoms with Crippen molar-refractivity contribution in [3.8, 4) is 5.75 Å². The second-order valence-corrected chi connectivity index (χ2v) is 17.0. The number of rotatable bonds is 13. The van der Waals surface area contributed by atoms with E-state index < -0.39 is 5.66 Å². The maximum Gasteiger partial charge on any atom is 0.275 e. The summed E-state index contributed by atoms with van der Waals surface area (Å²) in [6.07, 6.45) is 7.47. The molecule has 2 aromatic carbocycles. The minimum atomic E-state index is -0.630. The molecule has 0 aromatic heterocycles.